The predicted molar refractivity (Wildman–Crippen MR) is 75.3 cm³/mol. The maximum atomic E-state index is 12.1. The van der Waals surface area contributed by atoms with Gasteiger partial charge in [0, 0.05) is 19.6 Å². The van der Waals surface area contributed by atoms with Crippen LogP contribution in [0.4, 0.5) is 4.79 Å². The molecule has 2 amide bonds. The first kappa shape index (κ1) is 17.7. The van der Waals surface area contributed by atoms with E-state index in [-0.39, 0.29) is 6.03 Å². The lowest BCUT2D eigenvalue weighted by Gasteiger charge is -2.26. The number of aliphatic carboxylic acids is 1. The molecule has 0 aliphatic rings. The van der Waals surface area contributed by atoms with E-state index in [2.05, 4.69) is 5.32 Å². The summed E-state index contributed by atoms with van der Waals surface area (Å²) in [5, 5.41) is 11.6. The molecule has 112 valence electrons. The fourth-order valence-corrected chi connectivity index (χ4v) is 1.69. The molecule has 6 heteroatoms. The average molecular weight is 273 g/mol. The van der Waals surface area contributed by atoms with Gasteiger partial charge in [-0.3, -0.25) is 0 Å². The molecule has 2 N–H and O–H groups in total. The second kappa shape index (κ2) is 9.61. The van der Waals surface area contributed by atoms with Gasteiger partial charge in [-0.15, -0.1) is 0 Å². The number of urea groups is 1. The highest BCUT2D eigenvalue weighted by atomic mass is 16.4. The zero-order valence-electron chi connectivity index (χ0n) is 12.5. The Morgan fingerprint density at radius 3 is 2.16 bits per heavy atom. The van der Waals surface area contributed by atoms with Gasteiger partial charge < -0.3 is 20.2 Å². The Balaban J connectivity index is 4.47. The summed E-state index contributed by atoms with van der Waals surface area (Å²) in [4.78, 5) is 26.8. The lowest BCUT2D eigenvalue weighted by molar-refractivity contribution is -0.139. The fourth-order valence-electron chi connectivity index (χ4n) is 1.69. The lowest BCUT2D eigenvalue weighted by atomic mass is 10.2. The van der Waals surface area contributed by atoms with Crippen LogP contribution in [0.15, 0.2) is 0 Å². The molecule has 0 radical (unpaired) electrons. The van der Waals surface area contributed by atoms with E-state index in [4.69, 9.17) is 5.11 Å². The zero-order valence-corrected chi connectivity index (χ0v) is 12.5. The maximum Gasteiger partial charge on any atom is 0.326 e. The van der Waals surface area contributed by atoms with E-state index in [1.165, 1.54) is 0 Å². The Kier molecular flexibility index (Phi) is 8.95. The van der Waals surface area contributed by atoms with Gasteiger partial charge in [0.1, 0.15) is 6.04 Å². The quantitative estimate of drug-likeness (QED) is 0.662. The van der Waals surface area contributed by atoms with E-state index in [1.807, 2.05) is 32.8 Å². The largest absolute Gasteiger partial charge is 0.480 e. The smallest absolute Gasteiger partial charge is 0.326 e. The van der Waals surface area contributed by atoms with Crippen molar-refractivity contribution in [3.63, 3.8) is 0 Å². The molecule has 0 aromatic carbocycles. The van der Waals surface area contributed by atoms with Crippen molar-refractivity contribution in [2.45, 2.75) is 39.2 Å². The molecule has 6 nitrogen and oxygen atoms in total. The van der Waals surface area contributed by atoms with Crippen LogP contribution in [0.1, 0.15) is 33.1 Å². The van der Waals surface area contributed by atoms with E-state index >= 15 is 0 Å². The summed E-state index contributed by atoms with van der Waals surface area (Å²) in [6, 6.07) is -1.08. The normalized spacial score (nSPS) is 12.3. The van der Waals surface area contributed by atoms with Crippen molar-refractivity contribution in [1.29, 1.82) is 0 Å². The number of carboxylic acid groups (broad SMARTS) is 1. The van der Waals surface area contributed by atoms with Crippen LogP contribution in [0.2, 0.25) is 0 Å². The summed E-state index contributed by atoms with van der Waals surface area (Å²) < 4.78 is 0. The molecule has 19 heavy (non-hydrogen) atoms. The van der Waals surface area contributed by atoms with Crippen LogP contribution in [0.3, 0.4) is 0 Å². The van der Waals surface area contributed by atoms with Crippen molar-refractivity contribution < 1.29 is 14.7 Å². The molecule has 0 saturated carbocycles. The average Bonchev–Trinajstić information content (AvgIpc) is 2.33. The molecule has 0 bridgehead atoms. The molecule has 0 fully saturated rings. The summed E-state index contributed by atoms with van der Waals surface area (Å²) in [5.41, 5.74) is 0. The van der Waals surface area contributed by atoms with Gasteiger partial charge in [-0.2, -0.15) is 0 Å². The Morgan fingerprint density at radius 1 is 1.11 bits per heavy atom. The van der Waals surface area contributed by atoms with Crippen LogP contribution in [0.5, 0.6) is 0 Å². The summed E-state index contributed by atoms with van der Waals surface area (Å²) in [6.45, 7) is 5.90. The number of nitrogens with one attached hydrogen (secondary N) is 1. The second-order valence-electron chi connectivity index (χ2n) is 4.92. The van der Waals surface area contributed by atoms with E-state index in [9.17, 15) is 9.59 Å². The molecule has 0 unspecified atom stereocenters. The summed E-state index contributed by atoms with van der Waals surface area (Å²) in [5.74, 6) is -0.973. The van der Waals surface area contributed by atoms with Gasteiger partial charge in [-0.25, -0.2) is 9.59 Å². The minimum Gasteiger partial charge on any atom is -0.480 e. The van der Waals surface area contributed by atoms with Gasteiger partial charge in [0.15, 0.2) is 0 Å². The molecule has 0 rings (SSSR count). The molecule has 0 aliphatic carbocycles. The highest BCUT2D eigenvalue weighted by molar-refractivity contribution is 5.82. The van der Waals surface area contributed by atoms with Crippen molar-refractivity contribution in [3.05, 3.63) is 0 Å². The third-order valence-electron chi connectivity index (χ3n) is 2.77. The number of carbonyl (C=O) groups excluding carboxylic acids is 1. The number of hydrogen-bond acceptors (Lipinski definition) is 3. The van der Waals surface area contributed by atoms with Gasteiger partial charge in [0.2, 0.25) is 0 Å². The van der Waals surface area contributed by atoms with E-state index < -0.39 is 12.0 Å². The molecule has 0 spiro atoms. The first-order valence-corrected chi connectivity index (χ1v) is 6.85. The Hall–Kier alpha value is -1.30. The summed E-state index contributed by atoms with van der Waals surface area (Å²) in [7, 11) is 3.89. The Bertz CT molecular complexity index is 282. The van der Waals surface area contributed by atoms with Gasteiger partial charge in [0.05, 0.1) is 0 Å². The number of nitrogens with zero attached hydrogens (tertiary/aromatic N) is 2. The second-order valence-corrected chi connectivity index (χ2v) is 4.92. The van der Waals surface area contributed by atoms with E-state index in [0.717, 1.165) is 19.4 Å². The number of rotatable bonds is 9. The van der Waals surface area contributed by atoms with Crippen LogP contribution in [-0.4, -0.2) is 66.7 Å². The molecule has 0 saturated heterocycles. The van der Waals surface area contributed by atoms with Crippen LogP contribution < -0.4 is 5.32 Å². The minimum atomic E-state index is -0.973. The number of hydrogen-bond donors (Lipinski definition) is 2. The van der Waals surface area contributed by atoms with Crippen molar-refractivity contribution in [2.75, 3.05) is 33.7 Å². The zero-order chi connectivity index (χ0) is 14.8. The molecule has 0 aromatic heterocycles. The number of likely N-dealkylation sites (N-methyl/N-ethyl adjacent to an activating group) is 1. The summed E-state index contributed by atoms with van der Waals surface area (Å²) >= 11 is 0. The first-order valence-electron chi connectivity index (χ1n) is 6.85. The number of amides is 2. The van der Waals surface area contributed by atoms with E-state index in [0.29, 0.717) is 19.5 Å². The SMILES string of the molecule is CCC[C@@H](NC(=O)N(CCC)CCN(C)C)C(=O)O. The van der Waals surface area contributed by atoms with Gasteiger partial charge in [-0.1, -0.05) is 20.3 Å². The molecule has 0 heterocycles. The highest BCUT2D eigenvalue weighted by Gasteiger charge is 2.21. The van der Waals surface area contributed by atoms with Crippen molar-refractivity contribution in [3.8, 4) is 0 Å². The fraction of sp³-hybridized carbons (Fsp3) is 0.846. The lowest BCUT2D eigenvalue weighted by Crippen LogP contribution is -2.49. The molecular formula is C13H27N3O3. The van der Waals surface area contributed by atoms with Gasteiger partial charge >= 0.3 is 12.0 Å². The van der Waals surface area contributed by atoms with Crippen LogP contribution in [0.25, 0.3) is 0 Å². The van der Waals surface area contributed by atoms with Crippen molar-refractivity contribution >= 4 is 12.0 Å². The van der Waals surface area contributed by atoms with Gasteiger partial charge in [0.25, 0.3) is 0 Å². The third-order valence-corrected chi connectivity index (χ3v) is 2.77. The Morgan fingerprint density at radius 2 is 1.74 bits per heavy atom. The standard InChI is InChI=1S/C13H27N3O3/c1-5-7-11(12(17)18)14-13(19)16(8-6-2)10-9-15(3)4/h11H,5-10H2,1-4H3,(H,14,19)(H,17,18)/t11-/m1/s1. The minimum absolute atomic E-state index is 0.287. The van der Waals surface area contributed by atoms with Crippen molar-refractivity contribution in [1.82, 2.24) is 15.1 Å². The Labute approximate surface area is 115 Å². The molecular weight excluding hydrogens is 246 g/mol. The summed E-state index contributed by atoms with van der Waals surface area (Å²) in [6.07, 6.45) is 2.03. The van der Waals surface area contributed by atoms with Crippen LogP contribution >= 0.6 is 0 Å². The van der Waals surface area contributed by atoms with Crippen molar-refractivity contribution in [2.24, 2.45) is 0 Å². The number of carboxylic acids is 1. The molecule has 0 aromatic rings. The third kappa shape index (κ3) is 7.66. The first-order chi connectivity index (χ1) is 8.92. The van der Waals surface area contributed by atoms with Crippen LogP contribution in [0, 0.1) is 0 Å². The van der Waals surface area contributed by atoms with E-state index in [1.54, 1.807) is 4.90 Å². The van der Waals surface area contributed by atoms with Gasteiger partial charge in [-0.05, 0) is 26.9 Å². The molecule has 0 aliphatic heterocycles. The molecule has 1 atom stereocenters. The highest BCUT2D eigenvalue weighted by Crippen LogP contribution is 2.00. The maximum absolute atomic E-state index is 12.1. The predicted octanol–water partition coefficient (Wildman–Crippen LogP) is 1.22. The number of carbonyl (C=O) groups is 2. The van der Waals surface area contributed by atoms with Crippen LogP contribution in [-0.2, 0) is 4.79 Å². The monoisotopic (exact) mass is 273 g/mol. The topological polar surface area (TPSA) is 72.9 Å².